The summed E-state index contributed by atoms with van der Waals surface area (Å²) in [5.41, 5.74) is 1.000. The molecule has 168 valence electrons. The van der Waals surface area contributed by atoms with Crippen molar-refractivity contribution in [2.24, 2.45) is 0 Å². The van der Waals surface area contributed by atoms with Gasteiger partial charge < -0.3 is 4.90 Å². The molecule has 31 heavy (non-hydrogen) atoms. The first-order valence-corrected chi connectivity index (χ1v) is 12.9. The molecule has 1 aliphatic rings. The summed E-state index contributed by atoms with van der Waals surface area (Å²) >= 11 is 0. The fraction of sp³-hybridized carbons (Fsp3) is 0.350. The third kappa shape index (κ3) is 5.41. The van der Waals surface area contributed by atoms with E-state index in [0.29, 0.717) is 0 Å². The molecule has 1 heterocycles. The van der Waals surface area contributed by atoms with Gasteiger partial charge in [0.2, 0.25) is 26.0 Å². The average molecular weight is 470 g/mol. The highest BCUT2D eigenvalue weighted by molar-refractivity contribution is 7.92. The van der Waals surface area contributed by atoms with Crippen molar-refractivity contribution in [1.82, 2.24) is 9.21 Å². The maximum atomic E-state index is 13.5. The van der Waals surface area contributed by atoms with Crippen molar-refractivity contribution < 1.29 is 26.0 Å². The Kier molecular flexibility index (Phi) is 6.68. The normalized spacial score (nSPS) is 15.6. The van der Waals surface area contributed by atoms with Crippen LogP contribution in [-0.2, 0) is 24.8 Å². The Morgan fingerprint density at radius 2 is 1.61 bits per heavy atom. The minimum atomic E-state index is -3.83. The SMILES string of the molecule is Cc1ccc(S(=O)(=O)N2CCN(C(=O)CN(c3cccc(F)c3)S(C)(=O)=O)CC2)cc1. The van der Waals surface area contributed by atoms with Crippen molar-refractivity contribution in [3.05, 3.63) is 59.9 Å². The van der Waals surface area contributed by atoms with Crippen LogP contribution >= 0.6 is 0 Å². The molecule has 8 nitrogen and oxygen atoms in total. The lowest BCUT2D eigenvalue weighted by molar-refractivity contribution is -0.130. The number of carbonyl (C=O) groups excluding carboxylic acids is 1. The third-order valence-electron chi connectivity index (χ3n) is 5.03. The van der Waals surface area contributed by atoms with Gasteiger partial charge in [-0.1, -0.05) is 23.8 Å². The van der Waals surface area contributed by atoms with Crippen LogP contribution in [0, 0.1) is 12.7 Å². The van der Waals surface area contributed by atoms with Crippen molar-refractivity contribution in [3.63, 3.8) is 0 Å². The minimum absolute atomic E-state index is 0.0523. The number of halogens is 1. The Balaban J connectivity index is 1.68. The van der Waals surface area contributed by atoms with E-state index < -0.39 is 38.3 Å². The number of benzene rings is 2. The van der Waals surface area contributed by atoms with Gasteiger partial charge in [-0.3, -0.25) is 9.10 Å². The van der Waals surface area contributed by atoms with E-state index in [9.17, 15) is 26.0 Å². The maximum Gasteiger partial charge on any atom is 0.243 e. The number of aryl methyl sites for hydroxylation is 1. The van der Waals surface area contributed by atoms with Crippen LogP contribution in [0.5, 0.6) is 0 Å². The van der Waals surface area contributed by atoms with E-state index >= 15 is 0 Å². The second-order valence-corrected chi connectivity index (χ2v) is 11.2. The number of carbonyl (C=O) groups is 1. The summed E-state index contributed by atoms with van der Waals surface area (Å²) in [7, 11) is -7.50. The fourth-order valence-electron chi connectivity index (χ4n) is 3.29. The van der Waals surface area contributed by atoms with E-state index in [0.717, 1.165) is 22.2 Å². The average Bonchev–Trinajstić information content (AvgIpc) is 2.71. The number of nitrogens with zero attached hydrogens (tertiary/aromatic N) is 3. The largest absolute Gasteiger partial charge is 0.338 e. The molecule has 0 unspecified atom stereocenters. The first kappa shape index (κ1) is 23.2. The lowest BCUT2D eigenvalue weighted by Crippen LogP contribution is -2.53. The zero-order valence-corrected chi connectivity index (χ0v) is 18.9. The summed E-state index contributed by atoms with van der Waals surface area (Å²) in [4.78, 5) is 14.3. The Bertz CT molecular complexity index is 1160. The molecule has 1 fully saturated rings. The summed E-state index contributed by atoms with van der Waals surface area (Å²) in [6.45, 7) is 1.83. The molecule has 0 radical (unpaired) electrons. The molecule has 1 amide bonds. The van der Waals surface area contributed by atoms with Gasteiger partial charge in [0.1, 0.15) is 12.4 Å². The fourth-order valence-corrected chi connectivity index (χ4v) is 5.55. The Hall–Kier alpha value is -2.50. The topological polar surface area (TPSA) is 95.1 Å². The lowest BCUT2D eigenvalue weighted by Gasteiger charge is -2.35. The molecule has 1 saturated heterocycles. The molecule has 0 N–H and O–H groups in total. The number of amides is 1. The molecule has 0 spiro atoms. The Labute approximate surface area is 182 Å². The summed E-state index contributed by atoms with van der Waals surface area (Å²) in [5.74, 6) is -1.10. The van der Waals surface area contributed by atoms with Crippen LogP contribution in [-0.4, -0.2) is 70.9 Å². The lowest BCUT2D eigenvalue weighted by atomic mass is 10.2. The zero-order chi connectivity index (χ0) is 22.8. The molecule has 2 aromatic carbocycles. The number of hydrogen-bond acceptors (Lipinski definition) is 5. The molecule has 0 bridgehead atoms. The molecule has 0 aromatic heterocycles. The molecule has 1 aliphatic heterocycles. The van der Waals surface area contributed by atoms with Gasteiger partial charge in [-0.2, -0.15) is 4.31 Å². The van der Waals surface area contributed by atoms with Crippen LogP contribution in [0.15, 0.2) is 53.4 Å². The van der Waals surface area contributed by atoms with Crippen LogP contribution < -0.4 is 4.31 Å². The standard InChI is InChI=1S/C20H24FN3O5S2/c1-16-6-8-19(9-7-16)31(28,29)23-12-10-22(11-13-23)20(25)15-24(30(2,26)27)18-5-3-4-17(21)14-18/h3-9,14H,10-13,15H2,1-2H3. The number of piperazine rings is 1. The van der Waals surface area contributed by atoms with E-state index in [1.54, 1.807) is 24.3 Å². The van der Waals surface area contributed by atoms with Crippen molar-refractivity contribution in [2.75, 3.05) is 43.3 Å². The van der Waals surface area contributed by atoms with Crippen molar-refractivity contribution in [2.45, 2.75) is 11.8 Å². The van der Waals surface area contributed by atoms with Crippen LogP contribution in [0.25, 0.3) is 0 Å². The molecular formula is C20H24FN3O5S2. The van der Waals surface area contributed by atoms with Gasteiger partial charge in [0.25, 0.3) is 0 Å². The number of anilines is 1. The Morgan fingerprint density at radius 3 is 2.16 bits per heavy atom. The van der Waals surface area contributed by atoms with E-state index in [1.165, 1.54) is 27.4 Å². The van der Waals surface area contributed by atoms with Gasteiger partial charge in [-0.15, -0.1) is 0 Å². The predicted octanol–water partition coefficient (Wildman–Crippen LogP) is 1.43. The molecule has 2 aromatic rings. The summed E-state index contributed by atoms with van der Waals surface area (Å²) in [6, 6.07) is 11.5. The summed E-state index contributed by atoms with van der Waals surface area (Å²) in [5, 5.41) is 0. The second-order valence-electron chi connectivity index (χ2n) is 7.35. The van der Waals surface area contributed by atoms with Gasteiger partial charge in [-0.05, 0) is 37.3 Å². The molecule has 11 heteroatoms. The summed E-state index contributed by atoms with van der Waals surface area (Å²) in [6.07, 6.45) is 0.942. The van der Waals surface area contributed by atoms with Gasteiger partial charge in [0.15, 0.2) is 0 Å². The van der Waals surface area contributed by atoms with E-state index in [1.807, 2.05) is 6.92 Å². The van der Waals surface area contributed by atoms with Gasteiger partial charge in [-0.25, -0.2) is 21.2 Å². The quantitative estimate of drug-likeness (QED) is 0.638. The molecule has 0 aliphatic carbocycles. The number of rotatable bonds is 6. The van der Waals surface area contributed by atoms with Gasteiger partial charge in [0, 0.05) is 26.2 Å². The first-order chi connectivity index (χ1) is 14.5. The van der Waals surface area contributed by atoms with Crippen LogP contribution in [0.3, 0.4) is 0 Å². The molecular weight excluding hydrogens is 445 g/mol. The number of hydrogen-bond donors (Lipinski definition) is 0. The molecule has 0 saturated carbocycles. The van der Waals surface area contributed by atoms with Crippen LogP contribution in [0.4, 0.5) is 10.1 Å². The van der Waals surface area contributed by atoms with E-state index in [4.69, 9.17) is 0 Å². The highest BCUT2D eigenvalue weighted by Crippen LogP contribution is 2.21. The summed E-state index contributed by atoms with van der Waals surface area (Å²) < 4.78 is 65.6. The Morgan fingerprint density at radius 1 is 1.00 bits per heavy atom. The highest BCUT2D eigenvalue weighted by Gasteiger charge is 2.31. The van der Waals surface area contributed by atoms with Crippen LogP contribution in [0.1, 0.15) is 5.56 Å². The van der Waals surface area contributed by atoms with Crippen molar-refractivity contribution >= 4 is 31.6 Å². The van der Waals surface area contributed by atoms with Crippen molar-refractivity contribution in [3.8, 4) is 0 Å². The number of sulfonamides is 2. The maximum absolute atomic E-state index is 13.5. The second kappa shape index (κ2) is 8.93. The first-order valence-electron chi connectivity index (χ1n) is 9.56. The molecule has 3 rings (SSSR count). The molecule has 0 atom stereocenters. The van der Waals surface area contributed by atoms with E-state index in [2.05, 4.69) is 0 Å². The van der Waals surface area contributed by atoms with Crippen molar-refractivity contribution in [1.29, 1.82) is 0 Å². The third-order valence-corrected chi connectivity index (χ3v) is 8.08. The van der Waals surface area contributed by atoms with E-state index in [-0.39, 0.29) is 36.8 Å². The van der Waals surface area contributed by atoms with Crippen LogP contribution in [0.2, 0.25) is 0 Å². The minimum Gasteiger partial charge on any atom is -0.338 e. The van der Waals surface area contributed by atoms with Gasteiger partial charge >= 0.3 is 0 Å². The smallest absolute Gasteiger partial charge is 0.243 e. The predicted molar refractivity (Wildman–Crippen MR) is 115 cm³/mol. The van der Waals surface area contributed by atoms with Gasteiger partial charge in [0.05, 0.1) is 16.8 Å². The highest BCUT2D eigenvalue weighted by atomic mass is 32.2. The monoisotopic (exact) mass is 469 g/mol. The zero-order valence-electron chi connectivity index (χ0n) is 17.2.